The molecule has 21 heavy (non-hydrogen) atoms. The molecule has 0 amide bonds. The van der Waals surface area contributed by atoms with E-state index in [1.54, 1.807) is 0 Å². The molecular weight excluding hydrogens is 276 g/mol. The molecule has 0 spiro atoms. The molecule has 3 rings (SSSR count). The highest BCUT2D eigenvalue weighted by atomic mass is 32.1. The highest BCUT2D eigenvalue weighted by Crippen LogP contribution is 2.40. The molecule has 1 aliphatic heterocycles. The summed E-state index contributed by atoms with van der Waals surface area (Å²) < 4.78 is 1.44. The van der Waals surface area contributed by atoms with Gasteiger partial charge in [0.25, 0.3) is 0 Å². The minimum atomic E-state index is 0.184. The van der Waals surface area contributed by atoms with Crippen LogP contribution in [0.5, 0.6) is 0 Å². The molecular formula is C18H26N2S. The Kier molecular flexibility index (Phi) is 4.34. The molecule has 2 unspecified atom stereocenters. The largest absolute Gasteiger partial charge is 0.311 e. The van der Waals surface area contributed by atoms with Gasteiger partial charge in [0.1, 0.15) is 0 Å². The number of hydrogen-bond acceptors (Lipinski definition) is 3. The van der Waals surface area contributed by atoms with Gasteiger partial charge in [-0.3, -0.25) is 4.90 Å². The van der Waals surface area contributed by atoms with Crippen LogP contribution >= 0.6 is 11.3 Å². The van der Waals surface area contributed by atoms with Crippen molar-refractivity contribution in [1.82, 2.24) is 10.2 Å². The van der Waals surface area contributed by atoms with Gasteiger partial charge in [0.15, 0.2) is 0 Å². The summed E-state index contributed by atoms with van der Waals surface area (Å²) in [5, 5.41) is 7.21. The first-order valence-electron chi connectivity index (χ1n) is 8.09. The molecule has 2 nitrogen and oxygen atoms in total. The Balaban J connectivity index is 2.05. The zero-order chi connectivity index (χ0) is 14.9. The maximum atomic E-state index is 3.63. The molecule has 3 heteroatoms. The summed E-state index contributed by atoms with van der Waals surface area (Å²) in [5.41, 5.74) is 1.64. The van der Waals surface area contributed by atoms with E-state index < -0.39 is 0 Å². The van der Waals surface area contributed by atoms with Crippen LogP contribution in [0, 0.1) is 0 Å². The lowest BCUT2D eigenvalue weighted by atomic mass is 9.83. The molecule has 2 heterocycles. The van der Waals surface area contributed by atoms with Crippen molar-refractivity contribution >= 4 is 21.4 Å². The fourth-order valence-electron chi connectivity index (χ4n) is 3.88. The van der Waals surface area contributed by atoms with Crippen molar-refractivity contribution in [1.29, 1.82) is 0 Å². The van der Waals surface area contributed by atoms with Gasteiger partial charge in [-0.1, -0.05) is 25.1 Å². The van der Waals surface area contributed by atoms with E-state index in [0.717, 1.165) is 0 Å². The van der Waals surface area contributed by atoms with Crippen molar-refractivity contribution < 1.29 is 0 Å². The number of nitrogens with one attached hydrogen (secondary N) is 1. The predicted molar refractivity (Wildman–Crippen MR) is 93.1 cm³/mol. The van der Waals surface area contributed by atoms with E-state index in [1.807, 2.05) is 11.3 Å². The number of likely N-dealkylation sites (tertiary alicyclic amines) is 1. The summed E-state index contributed by atoms with van der Waals surface area (Å²) in [6, 6.07) is 9.35. The number of rotatable bonds is 5. The maximum Gasteiger partial charge on any atom is 0.0516 e. The number of benzene rings is 1. The summed E-state index contributed by atoms with van der Waals surface area (Å²) in [6.45, 7) is 7.25. The second kappa shape index (κ2) is 6.07. The van der Waals surface area contributed by atoms with E-state index in [9.17, 15) is 0 Å². The van der Waals surface area contributed by atoms with E-state index in [-0.39, 0.29) is 5.54 Å². The highest BCUT2D eigenvalue weighted by Gasteiger charge is 2.40. The Bertz CT molecular complexity index is 600. The molecule has 0 aliphatic carbocycles. The lowest BCUT2D eigenvalue weighted by molar-refractivity contribution is 0.0879. The van der Waals surface area contributed by atoms with E-state index in [2.05, 4.69) is 60.8 Å². The molecule has 0 radical (unpaired) electrons. The Morgan fingerprint density at radius 1 is 1.29 bits per heavy atom. The van der Waals surface area contributed by atoms with Crippen molar-refractivity contribution in [3.8, 4) is 0 Å². The van der Waals surface area contributed by atoms with Crippen LogP contribution in [0.4, 0.5) is 0 Å². The first-order valence-corrected chi connectivity index (χ1v) is 8.97. The third-order valence-electron chi connectivity index (χ3n) is 5.28. The van der Waals surface area contributed by atoms with E-state index in [0.29, 0.717) is 6.04 Å². The van der Waals surface area contributed by atoms with Crippen molar-refractivity contribution in [3.05, 3.63) is 35.2 Å². The summed E-state index contributed by atoms with van der Waals surface area (Å²) in [5.74, 6) is 0. The molecule has 1 fully saturated rings. The molecule has 1 aromatic carbocycles. The van der Waals surface area contributed by atoms with Crippen molar-refractivity contribution in [3.63, 3.8) is 0 Å². The lowest BCUT2D eigenvalue weighted by Crippen LogP contribution is -2.52. The standard InChI is InChI=1S/C18H26N2S/c1-4-18(2,20-11-5-6-12-20)17(19-3)15-9-7-8-14-10-13-21-16(14)15/h7-10,13,17,19H,4-6,11-12H2,1-3H3. The van der Waals surface area contributed by atoms with Crippen molar-refractivity contribution in [2.75, 3.05) is 20.1 Å². The minimum Gasteiger partial charge on any atom is -0.311 e. The fraction of sp³-hybridized carbons (Fsp3) is 0.556. The number of likely N-dealkylation sites (N-methyl/N-ethyl adjacent to an activating group) is 1. The second-order valence-electron chi connectivity index (χ2n) is 6.31. The molecule has 114 valence electrons. The average molecular weight is 302 g/mol. The molecule has 1 aromatic heterocycles. The van der Waals surface area contributed by atoms with Gasteiger partial charge in [0, 0.05) is 10.2 Å². The smallest absolute Gasteiger partial charge is 0.0516 e. The van der Waals surface area contributed by atoms with Gasteiger partial charge >= 0.3 is 0 Å². The number of fused-ring (bicyclic) bond motifs is 1. The van der Waals surface area contributed by atoms with Crippen LogP contribution in [0.15, 0.2) is 29.6 Å². The Labute approximate surface area is 132 Å². The topological polar surface area (TPSA) is 15.3 Å². The van der Waals surface area contributed by atoms with Crippen LogP contribution in [0.1, 0.15) is 44.7 Å². The van der Waals surface area contributed by atoms with Gasteiger partial charge in [0.2, 0.25) is 0 Å². The van der Waals surface area contributed by atoms with E-state index in [1.165, 1.54) is 48.0 Å². The SMILES string of the molecule is CCC(C)(C(NC)c1cccc2ccsc12)N1CCCC1. The quantitative estimate of drug-likeness (QED) is 0.879. The zero-order valence-corrected chi connectivity index (χ0v) is 14.2. The maximum absolute atomic E-state index is 3.63. The minimum absolute atomic E-state index is 0.184. The third kappa shape index (κ3) is 2.52. The van der Waals surface area contributed by atoms with Gasteiger partial charge in [-0.05, 0) is 68.7 Å². The van der Waals surface area contributed by atoms with E-state index >= 15 is 0 Å². The van der Waals surface area contributed by atoms with Gasteiger partial charge in [-0.15, -0.1) is 11.3 Å². The average Bonchev–Trinajstić information content (AvgIpc) is 3.19. The molecule has 2 aromatic rings. The summed E-state index contributed by atoms with van der Waals surface area (Å²) in [4.78, 5) is 2.70. The number of thiophene rings is 1. The highest BCUT2D eigenvalue weighted by molar-refractivity contribution is 7.17. The van der Waals surface area contributed by atoms with Gasteiger partial charge in [-0.25, -0.2) is 0 Å². The molecule has 0 bridgehead atoms. The lowest BCUT2D eigenvalue weighted by Gasteiger charge is -2.45. The number of hydrogen-bond donors (Lipinski definition) is 1. The first-order chi connectivity index (χ1) is 10.2. The first kappa shape index (κ1) is 15.0. The Morgan fingerprint density at radius 3 is 2.71 bits per heavy atom. The van der Waals surface area contributed by atoms with Crippen LogP contribution in [0.2, 0.25) is 0 Å². The monoisotopic (exact) mass is 302 g/mol. The molecule has 1 aliphatic rings. The Hall–Kier alpha value is -0.900. The molecule has 2 atom stereocenters. The third-order valence-corrected chi connectivity index (χ3v) is 6.25. The van der Waals surface area contributed by atoms with Crippen LogP contribution < -0.4 is 5.32 Å². The van der Waals surface area contributed by atoms with Crippen LogP contribution in [0.25, 0.3) is 10.1 Å². The van der Waals surface area contributed by atoms with Crippen LogP contribution in [-0.2, 0) is 0 Å². The fourth-order valence-corrected chi connectivity index (χ4v) is 4.83. The molecule has 1 saturated heterocycles. The van der Waals surface area contributed by atoms with E-state index in [4.69, 9.17) is 0 Å². The predicted octanol–water partition coefficient (Wildman–Crippen LogP) is 4.43. The van der Waals surface area contributed by atoms with Gasteiger partial charge in [0.05, 0.1) is 6.04 Å². The zero-order valence-electron chi connectivity index (χ0n) is 13.4. The molecule has 1 N–H and O–H groups in total. The summed E-state index contributed by atoms with van der Waals surface area (Å²) >= 11 is 1.87. The van der Waals surface area contributed by atoms with Crippen LogP contribution in [0.3, 0.4) is 0 Å². The Morgan fingerprint density at radius 2 is 2.05 bits per heavy atom. The number of nitrogens with zero attached hydrogens (tertiary/aromatic N) is 1. The van der Waals surface area contributed by atoms with Crippen molar-refractivity contribution in [2.45, 2.75) is 44.7 Å². The normalized spacial score (nSPS) is 20.7. The van der Waals surface area contributed by atoms with Gasteiger partial charge in [-0.2, -0.15) is 0 Å². The van der Waals surface area contributed by atoms with Crippen LogP contribution in [-0.4, -0.2) is 30.6 Å². The van der Waals surface area contributed by atoms with Gasteiger partial charge < -0.3 is 5.32 Å². The second-order valence-corrected chi connectivity index (χ2v) is 7.23. The molecule has 0 saturated carbocycles. The summed E-state index contributed by atoms with van der Waals surface area (Å²) in [7, 11) is 2.11. The summed E-state index contributed by atoms with van der Waals surface area (Å²) in [6.07, 6.45) is 3.85. The van der Waals surface area contributed by atoms with Crippen molar-refractivity contribution in [2.24, 2.45) is 0 Å².